The molecule has 0 fully saturated rings. The number of aromatic nitrogens is 1. The Morgan fingerprint density at radius 3 is 2.68 bits per heavy atom. The average Bonchev–Trinajstić information content (AvgIpc) is 3.17. The number of likely N-dealkylation sites (N-methyl/N-ethyl adjacent to an activating group) is 1. The van der Waals surface area contributed by atoms with E-state index < -0.39 is 6.23 Å². The Labute approximate surface area is 163 Å². The molecule has 4 rings (SSSR count). The number of benzene rings is 2. The van der Waals surface area contributed by atoms with Gasteiger partial charge in [0.2, 0.25) is 0 Å². The van der Waals surface area contributed by atoms with Crippen LogP contribution in [0.25, 0.3) is 17.2 Å². The van der Waals surface area contributed by atoms with Crippen molar-refractivity contribution in [3.8, 4) is 11.4 Å². The van der Waals surface area contributed by atoms with Gasteiger partial charge in [0, 0.05) is 11.8 Å². The third kappa shape index (κ3) is 3.37. The van der Waals surface area contributed by atoms with E-state index in [2.05, 4.69) is 5.32 Å². The zero-order valence-corrected chi connectivity index (χ0v) is 15.5. The smallest absolute Gasteiger partial charge is 0.189 e. The van der Waals surface area contributed by atoms with Crippen LogP contribution in [0.4, 0.5) is 0 Å². The summed E-state index contributed by atoms with van der Waals surface area (Å²) in [5.41, 5.74) is 2.64. The number of ether oxygens (including phenoxy) is 2. The molecular weight excluding hydrogens is 352 g/mol. The van der Waals surface area contributed by atoms with Crippen molar-refractivity contribution >= 4 is 17.5 Å². The molecule has 140 valence electrons. The van der Waals surface area contributed by atoms with Crippen LogP contribution in [0.15, 0.2) is 79.0 Å². The van der Waals surface area contributed by atoms with Crippen molar-refractivity contribution in [1.29, 1.82) is 0 Å². The number of nitrogens with one attached hydrogen (secondary N) is 1. The van der Waals surface area contributed by atoms with Gasteiger partial charge in [-0.1, -0.05) is 49.4 Å². The maximum Gasteiger partial charge on any atom is 0.189 e. The zero-order chi connectivity index (χ0) is 19.3. The molecular formula is C23H20N2O3. The van der Waals surface area contributed by atoms with Gasteiger partial charge < -0.3 is 14.0 Å². The molecule has 0 saturated heterocycles. The molecule has 2 aromatic carbocycles. The summed E-state index contributed by atoms with van der Waals surface area (Å²) in [5, 5.41) is 3.13. The Morgan fingerprint density at radius 2 is 1.89 bits per heavy atom. The van der Waals surface area contributed by atoms with Gasteiger partial charge in [0.25, 0.3) is 0 Å². The van der Waals surface area contributed by atoms with E-state index in [0.717, 1.165) is 22.7 Å². The predicted molar refractivity (Wildman–Crippen MR) is 108 cm³/mol. The first-order chi connectivity index (χ1) is 13.8. The van der Waals surface area contributed by atoms with Gasteiger partial charge in [0.1, 0.15) is 5.94 Å². The van der Waals surface area contributed by atoms with Crippen molar-refractivity contribution in [1.82, 2.24) is 9.88 Å². The predicted octanol–water partition coefficient (Wildman–Crippen LogP) is 4.04. The lowest BCUT2D eigenvalue weighted by molar-refractivity contribution is 0.176. The van der Waals surface area contributed by atoms with Crippen LogP contribution in [0.1, 0.15) is 18.2 Å². The van der Waals surface area contributed by atoms with Crippen LogP contribution in [0, 0.1) is 0 Å². The zero-order valence-electron chi connectivity index (χ0n) is 15.5. The van der Waals surface area contributed by atoms with Gasteiger partial charge in [-0.3, -0.25) is 5.32 Å². The summed E-state index contributed by atoms with van der Waals surface area (Å²) in [5.74, 6) is 3.68. The van der Waals surface area contributed by atoms with Crippen molar-refractivity contribution in [3.05, 3.63) is 90.3 Å². The molecule has 1 aromatic heterocycles. The van der Waals surface area contributed by atoms with Crippen LogP contribution in [0.5, 0.6) is 5.75 Å². The highest BCUT2D eigenvalue weighted by molar-refractivity contribution is 5.86. The van der Waals surface area contributed by atoms with E-state index >= 15 is 0 Å². The molecule has 0 amide bonds. The molecule has 1 unspecified atom stereocenters. The Morgan fingerprint density at radius 1 is 1.11 bits per heavy atom. The molecule has 3 aromatic rings. The molecule has 5 heteroatoms. The van der Waals surface area contributed by atoms with Gasteiger partial charge in [-0.05, 0) is 30.8 Å². The fourth-order valence-electron chi connectivity index (χ4n) is 3.21. The summed E-state index contributed by atoms with van der Waals surface area (Å²) in [6.45, 7) is 2.59. The van der Waals surface area contributed by atoms with E-state index in [-0.39, 0.29) is 0 Å². The van der Waals surface area contributed by atoms with Crippen LogP contribution in [0.3, 0.4) is 0 Å². The van der Waals surface area contributed by atoms with Gasteiger partial charge in [0.05, 0.1) is 17.5 Å². The number of fused-ring (bicyclic) bond motifs is 3. The Bertz CT molecular complexity index is 1050. The molecule has 1 aliphatic rings. The third-order valence-electron chi connectivity index (χ3n) is 4.43. The monoisotopic (exact) mass is 372 g/mol. The molecule has 0 radical (unpaired) electrons. The number of para-hydroxylation sites is 2. The average molecular weight is 372 g/mol. The first kappa shape index (κ1) is 17.9. The minimum absolute atomic E-state index is 0.546. The topological polar surface area (TPSA) is 52.5 Å². The molecule has 2 heterocycles. The Kier molecular flexibility index (Phi) is 5.11. The van der Waals surface area contributed by atoms with Crippen molar-refractivity contribution in [3.63, 3.8) is 0 Å². The maximum atomic E-state index is 11.0. The van der Waals surface area contributed by atoms with Gasteiger partial charge in [-0.2, -0.15) is 0 Å². The highest BCUT2D eigenvalue weighted by Crippen LogP contribution is 2.38. The standard InChI is InChI=1S/C23H20N2O3/c1-2-24-21(14-16-26)28-23-19-12-8-15-25(19)18-11-6-7-13-20(18)27-22(23)17-9-4-3-5-10-17/h3-15,21,24H,2H2,1H3. The van der Waals surface area contributed by atoms with E-state index in [1.165, 1.54) is 6.08 Å². The third-order valence-corrected chi connectivity index (χ3v) is 4.43. The van der Waals surface area contributed by atoms with E-state index in [1.54, 1.807) is 0 Å². The van der Waals surface area contributed by atoms with Crippen LogP contribution >= 0.6 is 0 Å². The lowest BCUT2D eigenvalue weighted by atomic mass is 10.1. The second kappa shape index (κ2) is 8.01. The molecule has 0 saturated carbocycles. The highest BCUT2D eigenvalue weighted by Gasteiger charge is 2.26. The Hall–Kier alpha value is -3.53. The fourth-order valence-corrected chi connectivity index (χ4v) is 3.21. The minimum atomic E-state index is -0.621. The fraction of sp³-hybridized carbons (Fsp3) is 0.130. The Balaban J connectivity index is 1.93. The first-order valence-corrected chi connectivity index (χ1v) is 9.17. The molecule has 0 aliphatic carbocycles. The molecule has 5 nitrogen and oxygen atoms in total. The second-order valence-electron chi connectivity index (χ2n) is 6.24. The largest absolute Gasteiger partial charge is 0.465 e. The van der Waals surface area contributed by atoms with Crippen molar-refractivity contribution in [2.45, 2.75) is 13.2 Å². The quantitative estimate of drug-likeness (QED) is 0.524. The van der Waals surface area contributed by atoms with E-state index in [9.17, 15) is 4.79 Å². The lowest BCUT2D eigenvalue weighted by Gasteiger charge is -2.20. The van der Waals surface area contributed by atoms with Gasteiger partial charge in [-0.15, -0.1) is 0 Å². The summed E-state index contributed by atoms with van der Waals surface area (Å²) >= 11 is 0. The highest BCUT2D eigenvalue weighted by atomic mass is 16.5. The van der Waals surface area contributed by atoms with E-state index in [4.69, 9.17) is 9.47 Å². The van der Waals surface area contributed by atoms with Crippen LogP contribution in [-0.4, -0.2) is 23.3 Å². The second-order valence-corrected chi connectivity index (χ2v) is 6.24. The molecule has 1 atom stereocenters. The van der Waals surface area contributed by atoms with E-state index in [1.807, 2.05) is 90.4 Å². The van der Waals surface area contributed by atoms with Crippen LogP contribution in [0.2, 0.25) is 0 Å². The molecule has 1 N–H and O–H groups in total. The SMILES string of the molecule is CCNC(C=C=O)OC1=C(c2ccccc2)Oc2ccccc2-n2cccc21. The number of carbonyl (C=O) groups excluding carboxylic acids is 1. The summed E-state index contributed by atoms with van der Waals surface area (Å²) in [6.07, 6.45) is 2.67. The van der Waals surface area contributed by atoms with Crippen molar-refractivity contribution < 1.29 is 14.3 Å². The maximum absolute atomic E-state index is 11.0. The number of nitrogens with zero attached hydrogens (tertiary/aromatic N) is 1. The normalized spacial score (nSPS) is 13.5. The summed E-state index contributed by atoms with van der Waals surface area (Å²) in [6, 6.07) is 21.6. The van der Waals surface area contributed by atoms with Gasteiger partial charge in [0.15, 0.2) is 23.5 Å². The number of hydrogen-bond donors (Lipinski definition) is 1. The van der Waals surface area contributed by atoms with Gasteiger partial charge >= 0.3 is 0 Å². The molecule has 0 bridgehead atoms. The van der Waals surface area contributed by atoms with Crippen LogP contribution in [-0.2, 0) is 9.53 Å². The number of rotatable bonds is 6. The van der Waals surface area contributed by atoms with Gasteiger partial charge in [-0.25, -0.2) is 4.79 Å². The first-order valence-electron chi connectivity index (χ1n) is 9.17. The van der Waals surface area contributed by atoms with Crippen LogP contribution < -0.4 is 10.1 Å². The number of hydrogen-bond acceptors (Lipinski definition) is 4. The van der Waals surface area contributed by atoms with Crippen molar-refractivity contribution in [2.75, 3.05) is 6.54 Å². The lowest BCUT2D eigenvalue weighted by Crippen LogP contribution is -2.30. The summed E-state index contributed by atoms with van der Waals surface area (Å²) in [4.78, 5) is 11.0. The molecule has 0 spiro atoms. The summed E-state index contributed by atoms with van der Waals surface area (Å²) in [7, 11) is 0. The van der Waals surface area contributed by atoms with Crippen molar-refractivity contribution in [2.24, 2.45) is 0 Å². The summed E-state index contributed by atoms with van der Waals surface area (Å²) < 4.78 is 14.6. The molecule has 28 heavy (non-hydrogen) atoms. The minimum Gasteiger partial charge on any atom is -0.465 e. The molecule has 1 aliphatic heterocycles. The van der Waals surface area contributed by atoms with E-state index in [0.29, 0.717) is 18.1 Å².